The van der Waals surface area contributed by atoms with Crippen molar-refractivity contribution in [1.29, 1.82) is 0 Å². The van der Waals surface area contributed by atoms with Crippen molar-refractivity contribution in [2.24, 2.45) is 0 Å². The number of anilines is 1. The van der Waals surface area contributed by atoms with E-state index in [1.807, 2.05) is 0 Å². The number of hydrogen-bond donors (Lipinski definition) is 2. The maximum Gasteiger partial charge on any atom is 0.250 e. The maximum atomic E-state index is 12.1. The van der Waals surface area contributed by atoms with Gasteiger partial charge in [-0.05, 0) is 24.3 Å². The van der Waals surface area contributed by atoms with Gasteiger partial charge in [-0.25, -0.2) is 18.1 Å². The van der Waals surface area contributed by atoms with Gasteiger partial charge in [-0.1, -0.05) is 6.07 Å². The number of sulfonamides is 1. The number of aryl methyl sites for hydroxylation is 1. The van der Waals surface area contributed by atoms with Crippen LogP contribution in [0.25, 0.3) is 0 Å². The van der Waals surface area contributed by atoms with E-state index in [1.54, 1.807) is 17.5 Å². The van der Waals surface area contributed by atoms with Crippen molar-refractivity contribution >= 4 is 37.8 Å². The van der Waals surface area contributed by atoms with Crippen LogP contribution in [0.2, 0.25) is 0 Å². The lowest BCUT2D eigenvalue weighted by Crippen LogP contribution is -2.38. The molecule has 1 aliphatic rings. The molecule has 0 amide bonds. The zero-order valence-electron chi connectivity index (χ0n) is 10.00. The molecule has 5 nitrogen and oxygen atoms in total. The van der Waals surface area contributed by atoms with Crippen LogP contribution in [-0.4, -0.2) is 19.4 Å². The number of nitrogens with zero attached hydrogens (tertiary/aromatic N) is 1. The Labute approximate surface area is 119 Å². The van der Waals surface area contributed by atoms with Crippen molar-refractivity contribution in [2.75, 3.05) is 5.73 Å². The molecule has 8 heteroatoms. The molecule has 19 heavy (non-hydrogen) atoms. The summed E-state index contributed by atoms with van der Waals surface area (Å²) in [6.45, 7) is 0. The number of hydrogen-bond acceptors (Lipinski definition) is 6. The van der Waals surface area contributed by atoms with Crippen LogP contribution in [0, 0.1) is 0 Å². The van der Waals surface area contributed by atoms with Gasteiger partial charge in [0.2, 0.25) is 10.0 Å². The fraction of sp³-hybridized carbons (Fsp3) is 0.364. The smallest absolute Gasteiger partial charge is 0.250 e. The predicted molar refractivity (Wildman–Crippen MR) is 77.0 cm³/mol. The minimum atomic E-state index is -3.39. The van der Waals surface area contributed by atoms with Crippen LogP contribution in [0.3, 0.4) is 0 Å². The molecule has 0 fully saturated rings. The summed E-state index contributed by atoms with van der Waals surface area (Å²) >= 11 is 2.68. The fourth-order valence-corrected chi connectivity index (χ4v) is 5.43. The van der Waals surface area contributed by atoms with Crippen molar-refractivity contribution in [3.8, 4) is 0 Å². The summed E-state index contributed by atoms with van der Waals surface area (Å²) in [7, 11) is -3.39. The van der Waals surface area contributed by atoms with Gasteiger partial charge in [0.15, 0.2) is 5.13 Å². The van der Waals surface area contributed by atoms with Gasteiger partial charge in [-0.3, -0.25) is 0 Å². The number of nitrogen functional groups attached to an aromatic ring is 1. The van der Waals surface area contributed by atoms with Gasteiger partial charge in [0, 0.05) is 17.3 Å². The Bertz CT molecular complexity index is 676. The highest BCUT2D eigenvalue weighted by atomic mass is 32.2. The molecule has 0 saturated carbocycles. The molecule has 0 bridgehead atoms. The first-order valence-electron chi connectivity index (χ1n) is 5.84. The lowest BCUT2D eigenvalue weighted by atomic mass is 9.99. The number of fused-ring (bicyclic) bond motifs is 1. The summed E-state index contributed by atoms with van der Waals surface area (Å²) in [5, 5.41) is 2.32. The van der Waals surface area contributed by atoms with Crippen LogP contribution in [0.15, 0.2) is 21.7 Å². The van der Waals surface area contributed by atoms with E-state index in [9.17, 15) is 8.42 Å². The van der Waals surface area contributed by atoms with E-state index < -0.39 is 10.0 Å². The Morgan fingerprint density at radius 2 is 2.32 bits per heavy atom. The summed E-state index contributed by atoms with van der Waals surface area (Å²) in [6.07, 6.45) is 2.22. The highest BCUT2D eigenvalue weighted by Gasteiger charge is 2.26. The van der Waals surface area contributed by atoms with Crippen LogP contribution in [0.4, 0.5) is 5.13 Å². The van der Waals surface area contributed by atoms with Gasteiger partial charge in [-0.2, -0.15) is 0 Å². The molecular weight excluding hydrogens is 302 g/mol. The van der Waals surface area contributed by atoms with E-state index in [0.29, 0.717) is 15.8 Å². The number of rotatable bonds is 3. The Hall–Kier alpha value is -0.960. The number of thiazole rings is 1. The van der Waals surface area contributed by atoms with E-state index in [-0.39, 0.29) is 6.04 Å². The molecule has 0 aromatic carbocycles. The molecule has 3 N–H and O–H groups in total. The predicted octanol–water partition coefficient (Wildman–Crippen LogP) is 1.62. The Kier molecular flexibility index (Phi) is 3.34. The lowest BCUT2D eigenvalue weighted by molar-refractivity contribution is 0.509. The lowest BCUT2D eigenvalue weighted by Gasteiger charge is -2.21. The number of aromatic nitrogens is 1. The second kappa shape index (κ2) is 4.86. The molecule has 0 aliphatic heterocycles. The van der Waals surface area contributed by atoms with Gasteiger partial charge < -0.3 is 5.73 Å². The van der Waals surface area contributed by atoms with E-state index in [1.165, 1.54) is 22.7 Å². The zero-order valence-corrected chi connectivity index (χ0v) is 12.4. The normalized spacial score (nSPS) is 19.3. The van der Waals surface area contributed by atoms with Crippen LogP contribution < -0.4 is 10.5 Å². The third-order valence-electron chi connectivity index (χ3n) is 3.04. The summed E-state index contributed by atoms with van der Waals surface area (Å²) in [5.74, 6) is 0. The van der Waals surface area contributed by atoms with Crippen LogP contribution in [0.1, 0.15) is 17.0 Å². The van der Waals surface area contributed by atoms with Gasteiger partial charge in [-0.15, -0.1) is 22.7 Å². The second-order valence-electron chi connectivity index (χ2n) is 4.42. The zero-order chi connectivity index (χ0) is 13.5. The van der Waals surface area contributed by atoms with Gasteiger partial charge >= 0.3 is 0 Å². The number of nitrogens with two attached hydrogens (primary N) is 1. The van der Waals surface area contributed by atoms with E-state index in [0.717, 1.165) is 23.4 Å². The molecule has 2 aromatic heterocycles. The number of nitrogens with one attached hydrogen (secondary N) is 1. The quantitative estimate of drug-likeness (QED) is 0.901. The van der Waals surface area contributed by atoms with Crippen molar-refractivity contribution in [3.05, 3.63) is 28.1 Å². The van der Waals surface area contributed by atoms with Crippen molar-refractivity contribution in [1.82, 2.24) is 9.71 Å². The second-order valence-corrected chi connectivity index (χ2v) is 8.42. The first-order chi connectivity index (χ1) is 9.04. The summed E-state index contributed by atoms with van der Waals surface area (Å²) in [6, 6.07) is 3.29. The molecule has 0 spiro atoms. The monoisotopic (exact) mass is 315 g/mol. The van der Waals surface area contributed by atoms with Crippen molar-refractivity contribution in [2.45, 2.75) is 29.5 Å². The first-order valence-corrected chi connectivity index (χ1v) is 9.02. The molecule has 102 valence electrons. The molecule has 1 aliphatic carbocycles. The average Bonchev–Trinajstić information content (AvgIpc) is 2.95. The molecule has 3 rings (SSSR count). The molecule has 2 aromatic rings. The summed E-state index contributed by atoms with van der Waals surface area (Å²) in [4.78, 5) is 5.35. The van der Waals surface area contributed by atoms with Crippen LogP contribution in [-0.2, 0) is 22.9 Å². The van der Waals surface area contributed by atoms with Gasteiger partial charge in [0.1, 0.15) is 4.21 Å². The van der Waals surface area contributed by atoms with Gasteiger partial charge in [0.05, 0.1) is 5.69 Å². The molecule has 0 radical (unpaired) electrons. The fourth-order valence-electron chi connectivity index (χ4n) is 2.19. The van der Waals surface area contributed by atoms with E-state index >= 15 is 0 Å². The SMILES string of the molecule is Nc1nc2c(s1)CC(NS(=O)(=O)c1cccs1)CC2. The Morgan fingerprint density at radius 3 is 3.05 bits per heavy atom. The van der Waals surface area contributed by atoms with Gasteiger partial charge in [0.25, 0.3) is 0 Å². The van der Waals surface area contributed by atoms with Crippen molar-refractivity contribution in [3.63, 3.8) is 0 Å². The van der Waals surface area contributed by atoms with E-state index in [2.05, 4.69) is 9.71 Å². The summed E-state index contributed by atoms with van der Waals surface area (Å²) < 4.78 is 27.4. The largest absolute Gasteiger partial charge is 0.375 e. The third-order valence-corrected chi connectivity index (χ3v) is 6.91. The van der Waals surface area contributed by atoms with Crippen LogP contribution in [0.5, 0.6) is 0 Å². The average molecular weight is 315 g/mol. The standard InChI is InChI=1S/C11H13N3O2S3/c12-11-13-8-4-3-7(6-9(8)18-11)14-19(15,16)10-2-1-5-17-10/h1-2,5,7,14H,3-4,6H2,(H2,12,13). The highest BCUT2D eigenvalue weighted by molar-refractivity contribution is 7.91. The highest BCUT2D eigenvalue weighted by Crippen LogP contribution is 2.29. The summed E-state index contributed by atoms with van der Waals surface area (Å²) in [5.41, 5.74) is 6.70. The minimum absolute atomic E-state index is 0.0700. The number of thiophene rings is 1. The maximum absolute atomic E-state index is 12.1. The Morgan fingerprint density at radius 1 is 1.47 bits per heavy atom. The Balaban J connectivity index is 1.76. The first kappa shape index (κ1) is 13.0. The van der Waals surface area contributed by atoms with E-state index in [4.69, 9.17) is 5.73 Å². The molecule has 2 heterocycles. The van der Waals surface area contributed by atoms with Crippen LogP contribution >= 0.6 is 22.7 Å². The van der Waals surface area contributed by atoms with Crippen molar-refractivity contribution < 1.29 is 8.42 Å². The minimum Gasteiger partial charge on any atom is -0.375 e. The topological polar surface area (TPSA) is 85.1 Å². The molecular formula is C11H13N3O2S3. The molecule has 1 unspecified atom stereocenters. The molecule has 0 saturated heterocycles. The molecule has 1 atom stereocenters. The third kappa shape index (κ3) is 2.66.